The minimum atomic E-state index is -0.481. The molecule has 1 nitrogen and oxygen atoms in total. The van der Waals surface area contributed by atoms with Crippen LogP contribution in [0.15, 0.2) is 18.2 Å². The molecule has 1 aliphatic carbocycles. The van der Waals surface area contributed by atoms with Gasteiger partial charge in [-0.1, -0.05) is 18.2 Å². The molecule has 68 valence electrons. The number of rotatable bonds is 2. The van der Waals surface area contributed by atoms with Crippen molar-refractivity contribution in [2.24, 2.45) is 0 Å². The minimum Gasteiger partial charge on any atom is -0.301 e. The van der Waals surface area contributed by atoms with E-state index in [0.29, 0.717) is 0 Å². The summed E-state index contributed by atoms with van der Waals surface area (Å²) in [5.41, 5.74) is 3.71. The Morgan fingerprint density at radius 2 is 2.08 bits per heavy atom. The standard InChI is InChI=1S/C11H11ClO/c12-11(7-13)10-5-4-8-2-1-3-9(8)6-10/h4-7,11H,1-3H2. The first-order chi connectivity index (χ1) is 6.31. The molecule has 1 aromatic carbocycles. The molecular formula is C11H11ClO. The van der Waals surface area contributed by atoms with Crippen LogP contribution in [0.4, 0.5) is 0 Å². The predicted octanol–water partition coefficient (Wildman–Crippen LogP) is 2.65. The normalized spacial score (nSPS) is 16.7. The number of alkyl halides is 1. The number of benzene rings is 1. The zero-order valence-electron chi connectivity index (χ0n) is 7.29. The van der Waals surface area contributed by atoms with Gasteiger partial charge in [0.2, 0.25) is 0 Å². The van der Waals surface area contributed by atoms with Crippen molar-refractivity contribution in [2.45, 2.75) is 24.6 Å². The highest BCUT2D eigenvalue weighted by Crippen LogP contribution is 2.26. The van der Waals surface area contributed by atoms with Crippen molar-refractivity contribution in [3.05, 3.63) is 34.9 Å². The van der Waals surface area contributed by atoms with E-state index in [1.54, 1.807) is 0 Å². The Bertz CT molecular complexity index is 333. The minimum absolute atomic E-state index is 0.481. The van der Waals surface area contributed by atoms with Gasteiger partial charge < -0.3 is 4.79 Å². The number of halogens is 1. The third-order valence-corrected chi connectivity index (χ3v) is 2.92. The quantitative estimate of drug-likeness (QED) is 0.523. The molecule has 2 heteroatoms. The van der Waals surface area contributed by atoms with E-state index in [2.05, 4.69) is 12.1 Å². The van der Waals surface area contributed by atoms with Crippen molar-refractivity contribution < 1.29 is 4.79 Å². The van der Waals surface area contributed by atoms with Gasteiger partial charge in [0, 0.05) is 0 Å². The molecule has 0 amide bonds. The summed E-state index contributed by atoms with van der Waals surface area (Å²) in [6.07, 6.45) is 4.31. The topological polar surface area (TPSA) is 17.1 Å². The molecule has 1 aliphatic rings. The average molecular weight is 195 g/mol. The van der Waals surface area contributed by atoms with Crippen LogP contribution in [0.2, 0.25) is 0 Å². The van der Waals surface area contributed by atoms with Crippen LogP contribution in [0.3, 0.4) is 0 Å². The van der Waals surface area contributed by atoms with Gasteiger partial charge in [0.05, 0.1) is 0 Å². The summed E-state index contributed by atoms with van der Waals surface area (Å²) in [6, 6.07) is 6.11. The van der Waals surface area contributed by atoms with Gasteiger partial charge in [0.25, 0.3) is 0 Å². The van der Waals surface area contributed by atoms with E-state index < -0.39 is 5.38 Å². The number of carbonyl (C=O) groups is 1. The summed E-state index contributed by atoms with van der Waals surface area (Å²) >= 11 is 5.82. The van der Waals surface area contributed by atoms with Crippen LogP contribution in [-0.2, 0) is 17.6 Å². The Morgan fingerprint density at radius 3 is 2.85 bits per heavy atom. The summed E-state index contributed by atoms with van der Waals surface area (Å²) in [4.78, 5) is 10.5. The fourth-order valence-corrected chi connectivity index (χ4v) is 1.98. The number of carbonyl (C=O) groups excluding carboxylic acids is 1. The summed E-state index contributed by atoms with van der Waals surface area (Å²) in [7, 11) is 0. The number of aryl methyl sites for hydroxylation is 2. The third kappa shape index (κ3) is 1.61. The van der Waals surface area contributed by atoms with Gasteiger partial charge in [-0.3, -0.25) is 0 Å². The number of hydrogen-bond acceptors (Lipinski definition) is 1. The molecule has 1 atom stereocenters. The molecular weight excluding hydrogens is 184 g/mol. The molecule has 0 saturated heterocycles. The monoisotopic (exact) mass is 194 g/mol. The molecule has 0 aromatic heterocycles. The Hall–Kier alpha value is -0.820. The van der Waals surface area contributed by atoms with Crippen molar-refractivity contribution >= 4 is 17.9 Å². The second kappa shape index (κ2) is 3.51. The van der Waals surface area contributed by atoms with Crippen molar-refractivity contribution in [1.82, 2.24) is 0 Å². The van der Waals surface area contributed by atoms with Crippen molar-refractivity contribution in [3.8, 4) is 0 Å². The van der Waals surface area contributed by atoms with Gasteiger partial charge in [-0.25, -0.2) is 0 Å². The zero-order valence-corrected chi connectivity index (χ0v) is 8.05. The van der Waals surface area contributed by atoms with Gasteiger partial charge in [-0.05, 0) is 36.0 Å². The molecule has 0 N–H and O–H groups in total. The summed E-state index contributed by atoms with van der Waals surface area (Å²) in [5.74, 6) is 0. The lowest BCUT2D eigenvalue weighted by Crippen LogP contribution is -1.93. The van der Waals surface area contributed by atoms with Gasteiger partial charge in [-0.2, -0.15) is 0 Å². The third-order valence-electron chi connectivity index (χ3n) is 2.56. The van der Waals surface area contributed by atoms with E-state index in [1.807, 2.05) is 6.07 Å². The molecule has 0 spiro atoms. The van der Waals surface area contributed by atoms with Crippen LogP contribution in [0.1, 0.15) is 28.5 Å². The lowest BCUT2D eigenvalue weighted by molar-refractivity contribution is -0.107. The summed E-state index contributed by atoms with van der Waals surface area (Å²) in [5, 5.41) is -0.481. The largest absolute Gasteiger partial charge is 0.301 e. The maximum Gasteiger partial charge on any atom is 0.142 e. The second-order valence-electron chi connectivity index (χ2n) is 3.42. The van der Waals surface area contributed by atoms with E-state index in [9.17, 15) is 4.79 Å². The zero-order chi connectivity index (χ0) is 9.26. The predicted molar refractivity (Wildman–Crippen MR) is 53.1 cm³/mol. The SMILES string of the molecule is O=CC(Cl)c1ccc2c(c1)CCC2. The molecule has 0 fully saturated rings. The average Bonchev–Trinajstić information content (AvgIpc) is 2.63. The lowest BCUT2D eigenvalue weighted by Gasteiger charge is -2.05. The van der Waals surface area contributed by atoms with E-state index in [1.165, 1.54) is 24.0 Å². The Balaban J connectivity index is 2.35. The van der Waals surface area contributed by atoms with Crippen LogP contribution in [0.25, 0.3) is 0 Å². The molecule has 1 unspecified atom stereocenters. The van der Waals surface area contributed by atoms with Crippen LogP contribution in [0, 0.1) is 0 Å². The maximum absolute atomic E-state index is 10.5. The Morgan fingerprint density at radius 1 is 1.31 bits per heavy atom. The molecule has 0 aliphatic heterocycles. The van der Waals surface area contributed by atoms with Crippen LogP contribution >= 0.6 is 11.6 Å². The Kier molecular flexibility index (Phi) is 2.36. The highest BCUT2D eigenvalue weighted by molar-refractivity contribution is 6.27. The van der Waals surface area contributed by atoms with E-state index in [-0.39, 0.29) is 0 Å². The maximum atomic E-state index is 10.5. The highest BCUT2D eigenvalue weighted by atomic mass is 35.5. The number of fused-ring (bicyclic) bond motifs is 1. The second-order valence-corrected chi connectivity index (χ2v) is 3.89. The lowest BCUT2D eigenvalue weighted by atomic mass is 10.0. The van der Waals surface area contributed by atoms with Gasteiger partial charge in [0.15, 0.2) is 0 Å². The summed E-state index contributed by atoms with van der Waals surface area (Å²) in [6.45, 7) is 0. The number of aldehydes is 1. The smallest absolute Gasteiger partial charge is 0.142 e. The molecule has 0 bridgehead atoms. The van der Waals surface area contributed by atoms with Crippen LogP contribution in [0.5, 0.6) is 0 Å². The van der Waals surface area contributed by atoms with Gasteiger partial charge >= 0.3 is 0 Å². The molecule has 2 rings (SSSR count). The molecule has 0 saturated carbocycles. The first-order valence-electron chi connectivity index (χ1n) is 4.52. The van der Waals surface area contributed by atoms with E-state index >= 15 is 0 Å². The fraction of sp³-hybridized carbons (Fsp3) is 0.364. The van der Waals surface area contributed by atoms with Gasteiger partial charge in [-0.15, -0.1) is 11.6 Å². The van der Waals surface area contributed by atoms with Crippen molar-refractivity contribution in [3.63, 3.8) is 0 Å². The van der Waals surface area contributed by atoms with E-state index in [4.69, 9.17) is 11.6 Å². The van der Waals surface area contributed by atoms with Gasteiger partial charge in [0.1, 0.15) is 11.7 Å². The Labute approximate surface area is 82.7 Å². The molecule has 0 radical (unpaired) electrons. The van der Waals surface area contributed by atoms with Crippen molar-refractivity contribution in [1.29, 1.82) is 0 Å². The first-order valence-corrected chi connectivity index (χ1v) is 4.96. The van der Waals surface area contributed by atoms with E-state index in [0.717, 1.165) is 18.3 Å². The number of hydrogen-bond donors (Lipinski definition) is 0. The molecule has 13 heavy (non-hydrogen) atoms. The summed E-state index contributed by atoms with van der Waals surface area (Å²) < 4.78 is 0. The first kappa shape index (κ1) is 8.76. The fourth-order valence-electron chi connectivity index (χ4n) is 1.84. The van der Waals surface area contributed by atoms with Crippen molar-refractivity contribution in [2.75, 3.05) is 0 Å². The molecule has 1 aromatic rings. The molecule has 0 heterocycles. The van der Waals surface area contributed by atoms with Crippen LogP contribution < -0.4 is 0 Å². The van der Waals surface area contributed by atoms with Crippen LogP contribution in [-0.4, -0.2) is 6.29 Å². The highest BCUT2D eigenvalue weighted by Gasteiger charge is 2.13.